The summed E-state index contributed by atoms with van der Waals surface area (Å²) in [5.41, 5.74) is 1.72. The molecule has 1 aromatic carbocycles. The molecular formula is C26H36F2N6O. The Morgan fingerprint density at radius 3 is 2.91 bits per heavy atom. The van der Waals surface area contributed by atoms with Crippen molar-refractivity contribution >= 4 is 17.5 Å². The first-order valence-electron chi connectivity index (χ1n) is 12.7. The van der Waals surface area contributed by atoms with Gasteiger partial charge in [-0.2, -0.15) is 4.98 Å². The number of nitrogens with zero attached hydrogens (tertiary/aromatic N) is 3. The Hall–Kier alpha value is -2.52. The van der Waals surface area contributed by atoms with Gasteiger partial charge < -0.3 is 20.7 Å². The van der Waals surface area contributed by atoms with Crippen LogP contribution in [0.1, 0.15) is 51.5 Å². The minimum absolute atomic E-state index is 0.0827. The fourth-order valence-corrected chi connectivity index (χ4v) is 5.92. The highest BCUT2D eigenvalue weighted by Gasteiger charge is 2.43. The third-order valence-corrected chi connectivity index (χ3v) is 7.60. The number of halogens is 2. The highest BCUT2D eigenvalue weighted by atomic mass is 19.1. The van der Waals surface area contributed by atoms with Crippen molar-refractivity contribution in [1.82, 2.24) is 20.2 Å². The largest absolute Gasteiger partial charge is 0.487 e. The molecular weight excluding hydrogens is 450 g/mol. The van der Waals surface area contributed by atoms with Gasteiger partial charge in [0.15, 0.2) is 11.6 Å². The number of ether oxygens (including phenoxy) is 1. The van der Waals surface area contributed by atoms with Gasteiger partial charge in [-0.3, -0.25) is 4.90 Å². The maximum absolute atomic E-state index is 14.6. The van der Waals surface area contributed by atoms with Crippen LogP contribution in [0.25, 0.3) is 0 Å². The fourth-order valence-electron chi connectivity index (χ4n) is 5.92. The van der Waals surface area contributed by atoms with Crippen molar-refractivity contribution in [2.75, 3.05) is 30.3 Å². The van der Waals surface area contributed by atoms with E-state index in [0.717, 1.165) is 37.2 Å². The Morgan fingerprint density at radius 2 is 2.11 bits per heavy atom. The molecule has 3 aliphatic heterocycles. The van der Waals surface area contributed by atoms with Gasteiger partial charge in [-0.1, -0.05) is 0 Å². The van der Waals surface area contributed by atoms with E-state index in [2.05, 4.69) is 44.7 Å². The fraction of sp³-hybridized carbons (Fsp3) is 0.615. The van der Waals surface area contributed by atoms with Gasteiger partial charge in [-0.25, -0.2) is 13.8 Å². The minimum Gasteiger partial charge on any atom is -0.487 e. The van der Waals surface area contributed by atoms with E-state index in [1.165, 1.54) is 19.0 Å². The number of aryl methyl sites for hydroxylation is 1. The molecule has 0 bridgehead atoms. The molecule has 9 heteroatoms. The molecule has 0 spiro atoms. The number of piperidine rings is 2. The average molecular weight is 487 g/mol. The van der Waals surface area contributed by atoms with Crippen LogP contribution in [0, 0.1) is 12.7 Å². The molecule has 35 heavy (non-hydrogen) atoms. The molecule has 0 amide bonds. The van der Waals surface area contributed by atoms with E-state index in [-0.39, 0.29) is 17.4 Å². The molecule has 190 valence electrons. The van der Waals surface area contributed by atoms with Crippen LogP contribution < -0.4 is 20.7 Å². The van der Waals surface area contributed by atoms with Gasteiger partial charge in [0.05, 0.1) is 6.20 Å². The van der Waals surface area contributed by atoms with Gasteiger partial charge in [0.25, 0.3) is 0 Å². The summed E-state index contributed by atoms with van der Waals surface area (Å²) in [6.45, 7) is 8.69. The zero-order valence-electron chi connectivity index (χ0n) is 20.8. The van der Waals surface area contributed by atoms with Crippen LogP contribution in [0.2, 0.25) is 0 Å². The van der Waals surface area contributed by atoms with Crippen LogP contribution in [-0.2, 0) is 0 Å². The average Bonchev–Trinajstić information content (AvgIpc) is 3.29. The highest BCUT2D eigenvalue weighted by molar-refractivity contribution is 5.58. The van der Waals surface area contributed by atoms with Gasteiger partial charge >= 0.3 is 0 Å². The van der Waals surface area contributed by atoms with Crippen LogP contribution in [0.3, 0.4) is 0 Å². The third kappa shape index (κ3) is 5.35. The van der Waals surface area contributed by atoms with Gasteiger partial charge in [0.1, 0.15) is 18.0 Å². The first-order chi connectivity index (χ1) is 16.8. The second-order valence-electron chi connectivity index (χ2n) is 10.7. The summed E-state index contributed by atoms with van der Waals surface area (Å²) in [4.78, 5) is 11.2. The lowest BCUT2D eigenvalue weighted by Crippen LogP contribution is -2.55. The monoisotopic (exact) mass is 486 g/mol. The molecule has 0 unspecified atom stereocenters. The van der Waals surface area contributed by atoms with E-state index in [0.29, 0.717) is 30.7 Å². The SMILES string of the molecule is Cc1cc(Nc2ncc(F)c(N[C@@H]3C[C@@H]4CCCN4C(C)(C)C3)n2)ccc1O[C@H]1CCNC[C@@H]1F. The molecule has 7 nitrogen and oxygen atoms in total. The molecule has 3 N–H and O–H groups in total. The Balaban J connectivity index is 1.25. The van der Waals surface area contributed by atoms with E-state index in [9.17, 15) is 8.78 Å². The molecule has 3 fully saturated rings. The highest BCUT2D eigenvalue weighted by Crippen LogP contribution is 2.38. The predicted octanol–water partition coefficient (Wildman–Crippen LogP) is 4.56. The van der Waals surface area contributed by atoms with Crippen molar-refractivity contribution in [2.45, 2.75) is 82.8 Å². The Morgan fingerprint density at radius 1 is 1.26 bits per heavy atom. The normalized spacial score (nSPS) is 28.4. The van der Waals surface area contributed by atoms with Gasteiger partial charge in [0, 0.05) is 29.9 Å². The van der Waals surface area contributed by atoms with Crippen molar-refractivity contribution in [3.63, 3.8) is 0 Å². The van der Waals surface area contributed by atoms with E-state index >= 15 is 0 Å². The van der Waals surface area contributed by atoms with Crippen LogP contribution in [0.15, 0.2) is 24.4 Å². The zero-order chi connectivity index (χ0) is 24.6. The molecule has 5 rings (SSSR count). The number of hydrogen-bond donors (Lipinski definition) is 3. The number of aromatic nitrogens is 2. The first-order valence-corrected chi connectivity index (χ1v) is 12.7. The lowest BCUT2D eigenvalue weighted by Gasteiger charge is -2.47. The minimum atomic E-state index is -1.02. The molecule has 3 saturated heterocycles. The number of fused-ring (bicyclic) bond motifs is 1. The number of benzene rings is 1. The Labute approximate surface area is 206 Å². The molecule has 3 aliphatic rings. The van der Waals surface area contributed by atoms with Crippen LogP contribution in [0.4, 0.5) is 26.2 Å². The first kappa shape index (κ1) is 24.2. The number of anilines is 3. The third-order valence-electron chi connectivity index (χ3n) is 7.60. The van der Waals surface area contributed by atoms with Gasteiger partial charge in [-0.05, 0) is 89.7 Å². The van der Waals surface area contributed by atoms with Crippen molar-refractivity contribution in [2.24, 2.45) is 0 Å². The number of rotatable bonds is 6. The predicted molar refractivity (Wildman–Crippen MR) is 134 cm³/mol. The molecule has 1 aromatic heterocycles. The summed E-state index contributed by atoms with van der Waals surface area (Å²) in [5.74, 6) is 0.756. The Bertz CT molecular complexity index is 1050. The summed E-state index contributed by atoms with van der Waals surface area (Å²) in [6.07, 6.45) is 4.73. The van der Waals surface area contributed by atoms with E-state index in [1.807, 2.05) is 25.1 Å². The quantitative estimate of drug-likeness (QED) is 0.553. The molecule has 0 aliphatic carbocycles. The summed E-state index contributed by atoms with van der Waals surface area (Å²) in [6, 6.07) is 6.28. The van der Waals surface area contributed by atoms with Gasteiger partial charge in [-0.15, -0.1) is 0 Å². The van der Waals surface area contributed by atoms with Crippen LogP contribution in [0.5, 0.6) is 5.75 Å². The number of hydrogen-bond acceptors (Lipinski definition) is 7. The summed E-state index contributed by atoms with van der Waals surface area (Å²) in [7, 11) is 0. The molecule has 0 radical (unpaired) electrons. The topological polar surface area (TPSA) is 74.3 Å². The van der Waals surface area contributed by atoms with Crippen LogP contribution in [-0.4, -0.2) is 64.4 Å². The molecule has 2 aromatic rings. The smallest absolute Gasteiger partial charge is 0.229 e. The van der Waals surface area contributed by atoms with E-state index < -0.39 is 18.1 Å². The maximum Gasteiger partial charge on any atom is 0.229 e. The lowest BCUT2D eigenvalue weighted by molar-refractivity contribution is 0.0500. The maximum atomic E-state index is 14.6. The van der Waals surface area contributed by atoms with Crippen molar-refractivity contribution < 1.29 is 13.5 Å². The summed E-state index contributed by atoms with van der Waals surface area (Å²) < 4.78 is 34.7. The standard InChI is InChI=1S/C26H36F2N6O/c1-16-11-17(6-7-22(16)35-23-8-9-29-14-20(23)27)32-25-30-15-21(28)24(33-25)31-18-12-19-5-4-10-34(19)26(2,3)13-18/h6-7,11,15,18-20,23,29H,4-5,8-10,12-14H2,1-3H3,(H2,30,31,32,33)/t18-,19+,20+,23+/m1/s1. The van der Waals surface area contributed by atoms with Crippen molar-refractivity contribution in [1.29, 1.82) is 0 Å². The second kappa shape index (κ2) is 9.85. The van der Waals surface area contributed by atoms with Crippen molar-refractivity contribution in [3.8, 4) is 5.75 Å². The van der Waals surface area contributed by atoms with Crippen LogP contribution >= 0.6 is 0 Å². The zero-order valence-corrected chi connectivity index (χ0v) is 20.8. The van der Waals surface area contributed by atoms with E-state index in [1.54, 1.807) is 0 Å². The molecule has 4 atom stereocenters. The lowest BCUT2D eigenvalue weighted by atomic mass is 9.84. The summed E-state index contributed by atoms with van der Waals surface area (Å²) in [5, 5.41) is 9.56. The summed E-state index contributed by atoms with van der Waals surface area (Å²) >= 11 is 0. The van der Waals surface area contributed by atoms with E-state index in [4.69, 9.17) is 4.74 Å². The number of nitrogens with one attached hydrogen (secondary N) is 3. The number of alkyl halides is 1. The molecule has 0 saturated carbocycles. The van der Waals surface area contributed by atoms with Gasteiger partial charge in [0.2, 0.25) is 5.95 Å². The molecule has 4 heterocycles. The second-order valence-corrected chi connectivity index (χ2v) is 10.7. The Kier molecular flexibility index (Phi) is 6.81. The van der Waals surface area contributed by atoms with Crippen molar-refractivity contribution in [3.05, 3.63) is 35.8 Å².